The van der Waals surface area contributed by atoms with Gasteiger partial charge in [0.15, 0.2) is 6.10 Å². The molecule has 108 valence electrons. The van der Waals surface area contributed by atoms with E-state index in [-0.39, 0.29) is 0 Å². The van der Waals surface area contributed by atoms with Crippen LogP contribution in [0.3, 0.4) is 0 Å². The number of hydrogen-bond donors (Lipinski definition) is 0. The van der Waals surface area contributed by atoms with Crippen molar-refractivity contribution in [2.45, 2.75) is 44.6 Å². The normalized spacial score (nSPS) is 20.3. The van der Waals surface area contributed by atoms with Crippen LogP contribution < -0.4 is 4.74 Å². The Morgan fingerprint density at radius 2 is 2.00 bits per heavy atom. The number of rotatable bonds is 4. The van der Waals surface area contributed by atoms with E-state index >= 15 is 0 Å². The van der Waals surface area contributed by atoms with Crippen LogP contribution in [0.4, 0.5) is 0 Å². The molecule has 0 heterocycles. The molecule has 2 rings (SSSR count). The molecule has 1 aromatic rings. The van der Waals surface area contributed by atoms with Crippen molar-refractivity contribution in [1.82, 2.24) is 0 Å². The molecule has 0 aliphatic heterocycles. The van der Waals surface area contributed by atoms with Gasteiger partial charge >= 0.3 is 5.97 Å². The Hall–Kier alpha value is -1.84. The van der Waals surface area contributed by atoms with Gasteiger partial charge in [0.25, 0.3) is 0 Å². The Kier molecular flexibility index (Phi) is 4.77. The third kappa shape index (κ3) is 3.59. The largest absolute Gasteiger partial charge is 0.479 e. The highest BCUT2D eigenvalue weighted by Crippen LogP contribution is 2.31. The average molecular weight is 276 g/mol. The summed E-state index contributed by atoms with van der Waals surface area (Å²) in [6.07, 6.45) is 2.76. The zero-order valence-corrected chi connectivity index (χ0v) is 11.9. The van der Waals surface area contributed by atoms with Gasteiger partial charge in [0.05, 0.1) is 7.11 Å². The SMILES string of the molecule is COC(=O)[C@@H](C)Oc1ccc([C@H]2CCCC(=O)C2)cc1. The molecule has 4 heteroatoms. The molecular weight excluding hydrogens is 256 g/mol. The zero-order chi connectivity index (χ0) is 14.5. The van der Waals surface area contributed by atoms with Crippen LogP contribution in [0.15, 0.2) is 24.3 Å². The summed E-state index contributed by atoms with van der Waals surface area (Å²) < 4.78 is 10.1. The van der Waals surface area contributed by atoms with Gasteiger partial charge in [0.2, 0.25) is 0 Å². The fourth-order valence-corrected chi connectivity index (χ4v) is 2.55. The molecule has 0 amide bonds. The Morgan fingerprint density at radius 3 is 2.60 bits per heavy atom. The molecule has 1 saturated carbocycles. The second-order valence-electron chi connectivity index (χ2n) is 5.18. The maximum absolute atomic E-state index is 11.5. The average Bonchev–Trinajstić information content (AvgIpc) is 2.47. The van der Waals surface area contributed by atoms with Crippen molar-refractivity contribution in [2.75, 3.05) is 7.11 Å². The molecule has 20 heavy (non-hydrogen) atoms. The van der Waals surface area contributed by atoms with Crippen molar-refractivity contribution in [1.29, 1.82) is 0 Å². The Bertz CT molecular complexity index is 478. The minimum Gasteiger partial charge on any atom is -0.479 e. The van der Waals surface area contributed by atoms with Crippen LogP contribution in [-0.4, -0.2) is 25.0 Å². The van der Waals surface area contributed by atoms with Crippen LogP contribution in [0.25, 0.3) is 0 Å². The fraction of sp³-hybridized carbons (Fsp3) is 0.500. The van der Waals surface area contributed by atoms with Crippen molar-refractivity contribution >= 4 is 11.8 Å². The molecule has 0 saturated heterocycles. The Labute approximate surface area is 119 Å². The molecule has 0 spiro atoms. The minimum atomic E-state index is -0.623. The molecule has 1 aliphatic carbocycles. The Morgan fingerprint density at radius 1 is 1.30 bits per heavy atom. The maximum atomic E-state index is 11.5. The van der Waals surface area contributed by atoms with Crippen LogP contribution in [0, 0.1) is 0 Å². The van der Waals surface area contributed by atoms with E-state index in [1.165, 1.54) is 7.11 Å². The van der Waals surface area contributed by atoms with Crippen molar-refractivity contribution in [3.05, 3.63) is 29.8 Å². The highest BCUT2D eigenvalue weighted by Gasteiger charge is 2.21. The summed E-state index contributed by atoms with van der Waals surface area (Å²) in [5.41, 5.74) is 1.16. The number of ketones is 1. The molecular formula is C16H20O4. The summed E-state index contributed by atoms with van der Waals surface area (Å²) in [4.78, 5) is 22.8. The van der Waals surface area contributed by atoms with E-state index in [0.29, 0.717) is 30.3 Å². The van der Waals surface area contributed by atoms with Crippen LogP contribution in [0.1, 0.15) is 44.1 Å². The van der Waals surface area contributed by atoms with Gasteiger partial charge in [-0.2, -0.15) is 0 Å². The van der Waals surface area contributed by atoms with Gasteiger partial charge in [0, 0.05) is 12.8 Å². The van der Waals surface area contributed by atoms with Crippen LogP contribution >= 0.6 is 0 Å². The lowest BCUT2D eigenvalue weighted by atomic mass is 9.83. The predicted molar refractivity (Wildman–Crippen MR) is 74.8 cm³/mol. The van der Waals surface area contributed by atoms with Gasteiger partial charge in [0.1, 0.15) is 11.5 Å². The fourth-order valence-electron chi connectivity index (χ4n) is 2.55. The number of methoxy groups -OCH3 is 1. The highest BCUT2D eigenvalue weighted by atomic mass is 16.6. The lowest BCUT2D eigenvalue weighted by Gasteiger charge is -2.21. The standard InChI is InChI=1S/C16H20O4/c1-11(16(18)19-2)20-15-8-6-12(7-9-15)13-4-3-5-14(17)10-13/h6-9,11,13H,3-5,10H2,1-2H3/t11-,13+/m1/s1. The predicted octanol–water partition coefficient (Wildman–Crippen LogP) is 2.85. The van der Waals surface area contributed by atoms with Gasteiger partial charge in [-0.3, -0.25) is 4.79 Å². The second kappa shape index (κ2) is 6.55. The number of carbonyl (C=O) groups excluding carboxylic acids is 2. The first-order chi connectivity index (χ1) is 9.60. The molecule has 2 atom stereocenters. The monoisotopic (exact) mass is 276 g/mol. The number of esters is 1. The summed E-state index contributed by atoms with van der Waals surface area (Å²) in [6, 6.07) is 7.63. The number of benzene rings is 1. The van der Waals surface area contributed by atoms with E-state index in [2.05, 4.69) is 4.74 Å². The molecule has 0 N–H and O–H groups in total. The summed E-state index contributed by atoms with van der Waals surface area (Å²) >= 11 is 0. The zero-order valence-electron chi connectivity index (χ0n) is 11.9. The molecule has 1 aliphatic rings. The molecule has 1 aromatic carbocycles. The summed E-state index contributed by atoms with van der Waals surface area (Å²) in [7, 11) is 1.34. The van der Waals surface area contributed by atoms with E-state index in [9.17, 15) is 9.59 Å². The van der Waals surface area contributed by atoms with Gasteiger partial charge in [-0.15, -0.1) is 0 Å². The van der Waals surface area contributed by atoms with Gasteiger partial charge in [-0.1, -0.05) is 12.1 Å². The van der Waals surface area contributed by atoms with E-state index in [0.717, 1.165) is 18.4 Å². The summed E-state index contributed by atoms with van der Waals surface area (Å²) in [5.74, 6) is 0.907. The lowest BCUT2D eigenvalue weighted by molar-refractivity contribution is -0.147. The number of carbonyl (C=O) groups is 2. The van der Waals surface area contributed by atoms with E-state index in [4.69, 9.17) is 4.74 Å². The van der Waals surface area contributed by atoms with Crippen LogP contribution in [0.5, 0.6) is 5.75 Å². The van der Waals surface area contributed by atoms with Crippen molar-refractivity contribution in [3.8, 4) is 5.75 Å². The number of hydrogen-bond acceptors (Lipinski definition) is 4. The van der Waals surface area contributed by atoms with E-state index in [1.807, 2.05) is 24.3 Å². The third-order valence-corrected chi connectivity index (χ3v) is 3.68. The first-order valence-corrected chi connectivity index (χ1v) is 6.96. The lowest BCUT2D eigenvalue weighted by Crippen LogP contribution is -2.24. The molecule has 0 aromatic heterocycles. The quantitative estimate of drug-likeness (QED) is 0.793. The van der Waals surface area contributed by atoms with Gasteiger partial charge in [-0.05, 0) is 43.4 Å². The molecule has 0 unspecified atom stereocenters. The highest BCUT2D eigenvalue weighted by molar-refractivity contribution is 5.80. The van der Waals surface area contributed by atoms with Crippen molar-refractivity contribution in [2.24, 2.45) is 0 Å². The summed E-state index contributed by atoms with van der Waals surface area (Å²) in [6.45, 7) is 1.65. The van der Waals surface area contributed by atoms with Crippen LogP contribution in [-0.2, 0) is 14.3 Å². The molecule has 0 radical (unpaired) electrons. The summed E-state index contributed by atoms with van der Waals surface area (Å²) in [5, 5.41) is 0. The second-order valence-corrected chi connectivity index (χ2v) is 5.18. The van der Waals surface area contributed by atoms with Gasteiger partial charge < -0.3 is 9.47 Å². The van der Waals surface area contributed by atoms with E-state index < -0.39 is 12.1 Å². The number of Topliss-reactive ketones (excluding diaryl/α,β-unsaturated/α-hetero) is 1. The topological polar surface area (TPSA) is 52.6 Å². The smallest absolute Gasteiger partial charge is 0.346 e. The number of ether oxygens (including phenoxy) is 2. The molecule has 1 fully saturated rings. The molecule has 0 bridgehead atoms. The maximum Gasteiger partial charge on any atom is 0.346 e. The first kappa shape index (κ1) is 14.6. The van der Waals surface area contributed by atoms with E-state index in [1.54, 1.807) is 6.92 Å². The Balaban J connectivity index is 1.99. The van der Waals surface area contributed by atoms with Crippen molar-refractivity contribution < 1.29 is 19.1 Å². The third-order valence-electron chi connectivity index (χ3n) is 3.68. The van der Waals surface area contributed by atoms with Crippen LogP contribution in [0.2, 0.25) is 0 Å². The minimum absolute atomic E-state index is 0.323. The first-order valence-electron chi connectivity index (χ1n) is 6.96. The molecule has 4 nitrogen and oxygen atoms in total. The van der Waals surface area contributed by atoms with Crippen molar-refractivity contribution in [3.63, 3.8) is 0 Å². The van der Waals surface area contributed by atoms with Gasteiger partial charge in [-0.25, -0.2) is 4.79 Å².